The van der Waals surface area contributed by atoms with Gasteiger partial charge in [0.05, 0.1) is 12.0 Å². The van der Waals surface area contributed by atoms with Gasteiger partial charge in [0.1, 0.15) is 0 Å². The van der Waals surface area contributed by atoms with Gasteiger partial charge in [0.15, 0.2) is 0 Å². The van der Waals surface area contributed by atoms with Crippen molar-refractivity contribution in [3.63, 3.8) is 0 Å². The van der Waals surface area contributed by atoms with Crippen LogP contribution in [0.2, 0.25) is 0 Å². The minimum atomic E-state index is -0.812. The quantitative estimate of drug-likeness (QED) is 0.750. The molecule has 0 radical (unpaired) electrons. The maximum absolute atomic E-state index is 11.1. The first-order valence-corrected chi connectivity index (χ1v) is 6.80. The molecule has 1 fully saturated rings. The van der Waals surface area contributed by atoms with Gasteiger partial charge in [0, 0.05) is 6.04 Å². The Balaban J connectivity index is 1.98. The Hall–Kier alpha value is -1.39. The van der Waals surface area contributed by atoms with Gasteiger partial charge in [-0.25, -0.2) is 0 Å². The molecule has 4 unspecified atom stereocenters. The molecule has 4 nitrogen and oxygen atoms in total. The average molecular weight is 263 g/mol. The van der Waals surface area contributed by atoms with Crippen LogP contribution in [0.5, 0.6) is 0 Å². The molecule has 0 aromatic heterocycles. The number of carboxylic acid groups (broad SMARTS) is 1. The molecule has 0 bridgehead atoms. The van der Waals surface area contributed by atoms with Crippen LogP contribution in [0.25, 0.3) is 0 Å². The van der Waals surface area contributed by atoms with Crippen molar-refractivity contribution in [1.82, 2.24) is 0 Å². The van der Waals surface area contributed by atoms with Crippen LogP contribution in [0.4, 0.5) is 0 Å². The Morgan fingerprint density at radius 2 is 2.00 bits per heavy atom. The van der Waals surface area contributed by atoms with Crippen LogP contribution in [0, 0.1) is 11.8 Å². The summed E-state index contributed by atoms with van der Waals surface area (Å²) in [5.74, 6) is -1.47. The first kappa shape index (κ1) is 14.0. The van der Waals surface area contributed by atoms with Gasteiger partial charge in [0.2, 0.25) is 0 Å². The normalized spacial score (nSPS) is 26.0. The highest BCUT2D eigenvalue weighted by molar-refractivity contribution is 5.70. The molecule has 1 aliphatic carbocycles. The zero-order chi connectivity index (χ0) is 13.8. The number of aliphatic carboxylic acids is 1. The van der Waals surface area contributed by atoms with Crippen molar-refractivity contribution in [2.24, 2.45) is 17.6 Å². The van der Waals surface area contributed by atoms with Gasteiger partial charge in [-0.3, -0.25) is 4.79 Å². The van der Waals surface area contributed by atoms with Gasteiger partial charge in [-0.05, 0) is 30.7 Å². The zero-order valence-electron chi connectivity index (χ0n) is 10.9. The first-order valence-electron chi connectivity index (χ1n) is 6.80. The third-order valence-electron chi connectivity index (χ3n) is 4.08. The fraction of sp³-hybridized carbons (Fsp3) is 0.533. The molecule has 0 amide bonds. The van der Waals surface area contributed by atoms with Crippen LogP contribution in [0.3, 0.4) is 0 Å². The standard InChI is InChI=1S/C15H21NO3/c16-13(9-10-5-2-1-3-6-10)14(17)11-7-4-8-12(11)15(18)19/h1-3,5-6,11-14,17H,4,7-9,16H2,(H,18,19). The Kier molecular flexibility index (Phi) is 4.56. The third-order valence-corrected chi connectivity index (χ3v) is 4.08. The lowest BCUT2D eigenvalue weighted by molar-refractivity contribution is -0.144. The fourth-order valence-electron chi connectivity index (χ4n) is 3.03. The molecule has 0 saturated heterocycles. The molecule has 1 aromatic rings. The van der Waals surface area contributed by atoms with E-state index < -0.39 is 24.0 Å². The van der Waals surface area contributed by atoms with Crippen LogP contribution >= 0.6 is 0 Å². The molecule has 4 N–H and O–H groups in total. The topological polar surface area (TPSA) is 83.5 Å². The molecular formula is C15H21NO3. The number of rotatable bonds is 5. The summed E-state index contributed by atoms with van der Waals surface area (Å²) in [6.45, 7) is 0. The van der Waals surface area contributed by atoms with Gasteiger partial charge < -0.3 is 15.9 Å². The summed E-state index contributed by atoms with van der Waals surface area (Å²) in [5, 5.41) is 19.5. The van der Waals surface area contributed by atoms with E-state index in [0.29, 0.717) is 12.8 Å². The Morgan fingerprint density at radius 1 is 1.32 bits per heavy atom. The van der Waals surface area contributed by atoms with Crippen LogP contribution < -0.4 is 5.73 Å². The van der Waals surface area contributed by atoms with Crippen LogP contribution in [0.1, 0.15) is 24.8 Å². The average Bonchev–Trinajstić information content (AvgIpc) is 2.88. The summed E-state index contributed by atoms with van der Waals surface area (Å²) in [4.78, 5) is 11.1. The van der Waals surface area contributed by atoms with Gasteiger partial charge in [-0.15, -0.1) is 0 Å². The van der Waals surface area contributed by atoms with E-state index in [4.69, 9.17) is 10.8 Å². The van der Waals surface area contributed by atoms with Gasteiger partial charge >= 0.3 is 5.97 Å². The lowest BCUT2D eigenvalue weighted by Crippen LogP contribution is -2.44. The Labute approximate surface area is 113 Å². The predicted octanol–water partition coefficient (Wildman–Crippen LogP) is 1.42. The highest BCUT2D eigenvalue weighted by Crippen LogP contribution is 2.35. The predicted molar refractivity (Wildman–Crippen MR) is 72.6 cm³/mol. The third kappa shape index (κ3) is 3.33. The summed E-state index contributed by atoms with van der Waals surface area (Å²) >= 11 is 0. The van der Waals surface area contributed by atoms with E-state index in [9.17, 15) is 9.90 Å². The smallest absolute Gasteiger partial charge is 0.306 e. The van der Waals surface area contributed by atoms with E-state index in [1.807, 2.05) is 30.3 Å². The molecule has 1 saturated carbocycles. The monoisotopic (exact) mass is 263 g/mol. The number of hydrogen-bond acceptors (Lipinski definition) is 3. The lowest BCUT2D eigenvalue weighted by Gasteiger charge is -2.27. The van der Waals surface area contributed by atoms with Crippen molar-refractivity contribution < 1.29 is 15.0 Å². The van der Waals surface area contributed by atoms with Crippen molar-refractivity contribution in [2.45, 2.75) is 37.8 Å². The molecule has 4 heteroatoms. The van der Waals surface area contributed by atoms with Crippen molar-refractivity contribution >= 4 is 5.97 Å². The fourth-order valence-corrected chi connectivity index (χ4v) is 3.03. The van der Waals surface area contributed by atoms with E-state index in [1.165, 1.54) is 0 Å². The van der Waals surface area contributed by atoms with Gasteiger partial charge in [-0.2, -0.15) is 0 Å². The SMILES string of the molecule is NC(Cc1ccccc1)C(O)C1CCCC1C(=O)O. The Bertz CT molecular complexity index is 421. The van der Waals surface area contributed by atoms with E-state index in [0.717, 1.165) is 18.4 Å². The summed E-state index contributed by atoms with van der Waals surface area (Å²) in [6, 6.07) is 9.33. The van der Waals surface area contributed by atoms with Crippen LogP contribution in [0.15, 0.2) is 30.3 Å². The van der Waals surface area contributed by atoms with Crippen molar-refractivity contribution in [3.8, 4) is 0 Å². The van der Waals surface area contributed by atoms with E-state index in [2.05, 4.69) is 0 Å². The summed E-state index contributed by atoms with van der Waals surface area (Å²) in [7, 11) is 0. The lowest BCUT2D eigenvalue weighted by atomic mass is 9.85. The molecule has 1 aliphatic rings. The van der Waals surface area contributed by atoms with Crippen molar-refractivity contribution in [3.05, 3.63) is 35.9 Å². The van der Waals surface area contributed by atoms with Gasteiger partial charge in [0.25, 0.3) is 0 Å². The summed E-state index contributed by atoms with van der Waals surface area (Å²) < 4.78 is 0. The largest absolute Gasteiger partial charge is 0.481 e. The molecule has 1 aromatic carbocycles. The number of carboxylic acids is 1. The maximum Gasteiger partial charge on any atom is 0.306 e. The molecular weight excluding hydrogens is 242 g/mol. The number of nitrogens with two attached hydrogens (primary N) is 1. The maximum atomic E-state index is 11.1. The second-order valence-corrected chi connectivity index (χ2v) is 5.38. The molecule has 0 aliphatic heterocycles. The number of hydrogen-bond donors (Lipinski definition) is 3. The van der Waals surface area contributed by atoms with E-state index >= 15 is 0 Å². The summed E-state index contributed by atoms with van der Waals surface area (Å²) in [5.41, 5.74) is 7.12. The number of aliphatic hydroxyl groups excluding tert-OH is 1. The molecule has 0 spiro atoms. The number of carbonyl (C=O) groups is 1. The van der Waals surface area contributed by atoms with Crippen LogP contribution in [-0.2, 0) is 11.2 Å². The summed E-state index contributed by atoms with van der Waals surface area (Å²) in [6.07, 6.45) is 2.08. The van der Waals surface area contributed by atoms with Gasteiger partial charge in [-0.1, -0.05) is 36.8 Å². The Morgan fingerprint density at radius 3 is 2.63 bits per heavy atom. The van der Waals surface area contributed by atoms with Crippen molar-refractivity contribution in [2.75, 3.05) is 0 Å². The molecule has 104 valence electrons. The molecule has 4 atom stereocenters. The van der Waals surface area contributed by atoms with Crippen molar-refractivity contribution in [1.29, 1.82) is 0 Å². The number of benzene rings is 1. The first-order chi connectivity index (χ1) is 9.09. The van der Waals surface area contributed by atoms with E-state index in [-0.39, 0.29) is 5.92 Å². The minimum absolute atomic E-state index is 0.212. The minimum Gasteiger partial charge on any atom is -0.481 e. The highest BCUT2D eigenvalue weighted by Gasteiger charge is 2.39. The molecule has 2 rings (SSSR count). The van der Waals surface area contributed by atoms with E-state index in [1.54, 1.807) is 0 Å². The highest BCUT2D eigenvalue weighted by atomic mass is 16.4. The molecule has 0 heterocycles. The second kappa shape index (κ2) is 6.17. The van der Waals surface area contributed by atoms with Crippen LogP contribution in [-0.4, -0.2) is 28.3 Å². The second-order valence-electron chi connectivity index (χ2n) is 5.38. The molecule has 19 heavy (non-hydrogen) atoms. The number of aliphatic hydroxyl groups is 1. The zero-order valence-corrected chi connectivity index (χ0v) is 10.9.